The van der Waals surface area contributed by atoms with Gasteiger partial charge in [-0.1, -0.05) is 13.8 Å². The normalized spacial score (nSPS) is 11.0. The Labute approximate surface area is 124 Å². The highest BCUT2D eigenvalue weighted by Gasteiger charge is 2.18. The Kier molecular flexibility index (Phi) is 7.54. The van der Waals surface area contributed by atoms with E-state index in [0.717, 1.165) is 30.2 Å². The van der Waals surface area contributed by atoms with E-state index in [9.17, 15) is 4.79 Å². The lowest BCUT2D eigenvalue weighted by atomic mass is 10.1. The molecular formula is C14H24N2O3S. The molecule has 1 heterocycles. The van der Waals surface area contributed by atoms with E-state index in [1.54, 1.807) is 18.4 Å². The van der Waals surface area contributed by atoms with Gasteiger partial charge in [-0.2, -0.15) is 0 Å². The molecule has 0 spiro atoms. The summed E-state index contributed by atoms with van der Waals surface area (Å²) in [5.74, 6) is -0.782. The van der Waals surface area contributed by atoms with Crippen LogP contribution in [0.3, 0.4) is 0 Å². The number of hydrogen-bond donors (Lipinski definition) is 1. The Morgan fingerprint density at radius 3 is 2.75 bits per heavy atom. The van der Waals surface area contributed by atoms with Gasteiger partial charge in [-0.3, -0.25) is 4.79 Å². The number of aromatic nitrogens is 1. The standard InChI is InChI=1S/C14H24N2O3S/c1-4-12(5-2)16(8-9-19-3)14-15-11(10-20-14)6-7-13(17)18/h10,12H,4-9H2,1-3H3,(H,17,18). The first-order chi connectivity index (χ1) is 9.62. The Balaban J connectivity index is 2.76. The molecule has 20 heavy (non-hydrogen) atoms. The van der Waals surface area contributed by atoms with Crippen molar-refractivity contribution in [1.82, 2.24) is 4.98 Å². The summed E-state index contributed by atoms with van der Waals surface area (Å²) < 4.78 is 5.18. The molecular weight excluding hydrogens is 276 g/mol. The molecule has 1 rings (SSSR count). The van der Waals surface area contributed by atoms with Crippen LogP contribution in [0.25, 0.3) is 0 Å². The maximum absolute atomic E-state index is 10.6. The SMILES string of the molecule is CCC(CC)N(CCOC)c1nc(CCC(=O)O)cs1. The molecule has 1 aromatic rings. The zero-order valence-electron chi connectivity index (χ0n) is 12.5. The van der Waals surface area contributed by atoms with Gasteiger partial charge in [0.05, 0.1) is 18.7 Å². The second-order valence-electron chi connectivity index (χ2n) is 4.67. The number of carboxylic acid groups (broad SMARTS) is 1. The average molecular weight is 300 g/mol. The third-order valence-electron chi connectivity index (χ3n) is 3.30. The zero-order chi connectivity index (χ0) is 15.0. The second-order valence-corrected chi connectivity index (χ2v) is 5.51. The number of thiazole rings is 1. The van der Waals surface area contributed by atoms with Crippen LogP contribution < -0.4 is 4.90 Å². The van der Waals surface area contributed by atoms with Gasteiger partial charge in [0.15, 0.2) is 5.13 Å². The molecule has 0 bridgehead atoms. The van der Waals surface area contributed by atoms with Crippen LogP contribution in [-0.4, -0.2) is 42.4 Å². The minimum Gasteiger partial charge on any atom is -0.481 e. The predicted molar refractivity (Wildman–Crippen MR) is 81.7 cm³/mol. The van der Waals surface area contributed by atoms with Gasteiger partial charge in [-0.05, 0) is 12.8 Å². The summed E-state index contributed by atoms with van der Waals surface area (Å²) in [6.45, 7) is 5.83. The molecule has 0 saturated heterocycles. The number of rotatable bonds is 10. The van der Waals surface area contributed by atoms with Gasteiger partial charge >= 0.3 is 5.97 Å². The van der Waals surface area contributed by atoms with Crippen molar-refractivity contribution in [3.8, 4) is 0 Å². The van der Waals surface area contributed by atoms with Crippen LogP contribution in [0.15, 0.2) is 5.38 Å². The number of hydrogen-bond acceptors (Lipinski definition) is 5. The number of methoxy groups -OCH3 is 1. The van der Waals surface area contributed by atoms with Crippen molar-refractivity contribution in [3.63, 3.8) is 0 Å². The molecule has 0 aliphatic heterocycles. The fourth-order valence-corrected chi connectivity index (χ4v) is 3.09. The van der Waals surface area contributed by atoms with Gasteiger partial charge in [0.2, 0.25) is 0 Å². The molecule has 0 aliphatic rings. The Bertz CT molecular complexity index is 405. The van der Waals surface area contributed by atoms with Crippen LogP contribution in [-0.2, 0) is 16.0 Å². The quantitative estimate of drug-likeness (QED) is 0.720. The van der Waals surface area contributed by atoms with Crippen LogP contribution in [0.4, 0.5) is 5.13 Å². The highest BCUT2D eigenvalue weighted by Crippen LogP contribution is 2.25. The molecule has 6 heteroatoms. The summed E-state index contributed by atoms with van der Waals surface area (Å²) in [6, 6.07) is 0.448. The molecule has 1 aromatic heterocycles. The topological polar surface area (TPSA) is 62.7 Å². The van der Waals surface area contributed by atoms with Crippen molar-refractivity contribution in [2.45, 2.75) is 45.6 Å². The molecule has 5 nitrogen and oxygen atoms in total. The Morgan fingerprint density at radius 1 is 1.50 bits per heavy atom. The summed E-state index contributed by atoms with van der Waals surface area (Å²) in [4.78, 5) is 17.5. The van der Waals surface area contributed by atoms with Crippen molar-refractivity contribution in [1.29, 1.82) is 0 Å². The molecule has 0 saturated carbocycles. The molecule has 0 aliphatic carbocycles. The van der Waals surface area contributed by atoms with Crippen molar-refractivity contribution >= 4 is 22.4 Å². The molecule has 0 unspecified atom stereocenters. The minimum absolute atomic E-state index is 0.131. The van der Waals surface area contributed by atoms with Crippen LogP contribution in [0.1, 0.15) is 38.8 Å². The van der Waals surface area contributed by atoms with Gasteiger partial charge in [-0.25, -0.2) is 4.98 Å². The number of aryl methyl sites for hydroxylation is 1. The van der Waals surface area contributed by atoms with Gasteiger partial charge in [-0.15, -0.1) is 11.3 Å². The van der Waals surface area contributed by atoms with Gasteiger partial charge in [0, 0.05) is 31.5 Å². The third kappa shape index (κ3) is 5.09. The number of anilines is 1. The summed E-state index contributed by atoms with van der Waals surface area (Å²) in [7, 11) is 1.70. The molecule has 0 atom stereocenters. The van der Waals surface area contributed by atoms with Gasteiger partial charge < -0.3 is 14.7 Å². The smallest absolute Gasteiger partial charge is 0.303 e. The highest BCUT2D eigenvalue weighted by atomic mass is 32.1. The molecule has 0 fully saturated rings. The van der Waals surface area contributed by atoms with Crippen LogP contribution >= 0.6 is 11.3 Å². The Morgan fingerprint density at radius 2 is 2.20 bits per heavy atom. The minimum atomic E-state index is -0.782. The van der Waals surface area contributed by atoms with E-state index in [1.165, 1.54) is 0 Å². The van der Waals surface area contributed by atoms with Crippen molar-refractivity contribution < 1.29 is 14.6 Å². The number of nitrogens with zero attached hydrogens (tertiary/aromatic N) is 2. The average Bonchev–Trinajstić information content (AvgIpc) is 2.90. The largest absolute Gasteiger partial charge is 0.481 e. The van der Waals surface area contributed by atoms with E-state index in [1.807, 2.05) is 5.38 Å². The summed E-state index contributed by atoms with van der Waals surface area (Å²) in [5, 5.41) is 11.6. The maximum Gasteiger partial charge on any atom is 0.303 e. The van der Waals surface area contributed by atoms with E-state index in [0.29, 0.717) is 19.1 Å². The fraction of sp³-hybridized carbons (Fsp3) is 0.714. The van der Waals surface area contributed by atoms with E-state index in [4.69, 9.17) is 9.84 Å². The van der Waals surface area contributed by atoms with Crippen molar-refractivity contribution in [2.75, 3.05) is 25.2 Å². The molecule has 114 valence electrons. The first-order valence-corrected chi connectivity index (χ1v) is 7.92. The number of carbonyl (C=O) groups is 1. The maximum atomic E-state index is 10.6. The first-order valence-electron chi connectivity index (χ1n) is 7.04. The number of aliphatic carboxylic acids is 1. The first kappa shape index (κ1) is 16.9. The fourth-order valence-electron chi connectivity index (χ4n) is 2.13. The predicted octanol–water partition coefficient (Wildman–Crippen LogP) is 2.80. The summed E-state index contributed by atoms with van der Waals surface area (Å²) >= 11 is 1.59. The van der Waals surface area contributed by atoms with Crippen LogP contribution in [0.5, 0.6) is 0 Å². The lowest BCUT2D eigenvalue weighted by Crippen LogP contribution is -2.37. The summed E-state index contributed by atoms with van der Waals surface area (Å²) in [5.41, 5.74) is 0.862. The molecule has 0 radical (unpaired) electrons. The van der Waals surface area contributed by atoms with Gasteiger partial charge in [0.1, 0.15) is 0 Å². The molecule has 1 N–H and O–H groups in total. The number of carboxylic acids is 1. The van der Waals surface area contributed by atoms with Crippen molar-refractivity contribution in [3.05, 3.63) is 11.1 Å². The van der Waals surface area contributed by atoms with Gasteiger partial charge in [0.25, 0.3) is 0 Å². The van der Waals surface area contributed by atoms with Crippen LogP contribution in [0, 0.1) is 0 Å². The van der Waals surface area contributed by atoms with Crippen molar-refractivity contribution in [2.24, 2.45) is 0 Å². The second kappa shape index (κ2) is 8.92. The van der Waals surface area contributed by atoms with Crippen LogP contribution in [0.2, 0.25) is 0 Å². The highest BCUT2D eigenvalue weighted by molar-refractivity contribution is 7.13. The lowest BCUT2D eigenvalue weighted by molar-refractivity contribution is -0.136. The third-order valence-corrected chi connectivity index (χ3v) is 4.23. The van der Waals surface area contributed by atoms with E-state index >= 15 is 0 Å². The summed E-state index contributed by atoms with van der Waals surface area (Å²) in [6.07, 6.45) is 2.74. The number of ether oxygens (including phenoxy) is 1. The van der Waals surface area contributed by atoms with E-state index < -0.39 is 5.97 Å². The molecule has 0 aromatic carbocycles. The monoisotopic (exact) mass is 300 g/mol. The lowest BCUT2D eigenvalue weighted by Gasteiger charge is -2.29. The van der Waals surface area contributed by atoms with E-state index in [2.05, 4.69) is 23.7 Å². The zero-order valence-corrected chi connectivity index (χ0v) is 13.3. The Hall–Kier alpha value is -1.14. The molecule has 0 amide bonds. The van der Waals surface area contributed by atoms with E-state index in [-0.39, 0.29) is 6.42 Å².